The number of ether oxygens (including phenoxy) is 1. The van der Waals surface area contributed by atoms with E-state index in [0.29, 0.717) is 43.2 Å². The van der Waals surface area contributed by atoms with E-state index in [-0.39, 0.29) is 10.9 Å². The topological polar surface area (TPSA) is 158 Å². The van der Waals surface area contributed by atoms with E-state index in [4.69, 9.17) is 19.9 Å². The first kappa shape index (κ1) is 31.1. The Morgan fingerprint density at radius 1 is 1.12 bits per heavy atom. The number of hydrogen-bond acceptors (Lipinski definition) is 9. The highest BCUT2D eigenvalue weighted by molar-refractivity contribution is 7.89. The van der Waals surface area contributed by atoms with E-state index >= 15 is 0 Å². The Kier molecular flexibility index (Phi) is 10.1. The van der Waals surface area contributed by atoms with Crippen LogP contribution in [0.1, 0.15) is 24.1 Å². The number of aryl methyl sites for hydroxylation is 1. The minimum atomic E-state index is -5.08. The van der Waals surface area contributed by atoms with E-state index in [2.05, 4.69) is 31.0 Å². The molecule has 0 saturated carbocycles. The van der Waals surface area contributed by atoms with Gasteiger partial charge in [-0.05, 0) is 62.2 Å². The molecule has 3 N–H and O–H groups in total. The summed E-state index contributed by atoms with van der Waals surface area (Å²) in [5.41, 5.74) is 2.10. The zero-order chi connectivity index (χ0) is 30.2. The van der Waals surface area contributed by atoms with Crippen LogP contribution in [0.25, 0.3) is 0 Å². The summed E-state index contributed by atoms with van der Waals surface area (Å²) in [6, 6.07) is 17.4. The van der Waals surface area contributed by atoms with Crippen LogP contribution < -0.4 is 19.7 Å². The number of sulfonamides is 1. The number of aliphatic carboxylic acids is 1. The van der Waals surface area contributed by atoms with Crippen molar-refractivity contribution >= 4 is 33.4 Å². The molecule has 2 aromatic carbocycles. The molecule has 3 aromatic rings. The lowest BCUT2D eigenvalue weighted by Gasteiger charge is -2.33. The molecular formula is C26H27F3N6O5S. The van der Waals surface area contributed by atoms with Gasteiger partial charge in [-0.15, -0.1) is 0 Å². The molecule has 15 heteroatoms. The van der Waals surface area contributed by atoms with Gasteiger partial charge in [0, 0.05) is 36.6 Å². The van der Waals surface area contributed by atoms with Gasteiger partial charge < -0.3 is 20.1 Å². The predicted octanol–water partition coefficient (Wildman–Crippen LogP) is 3.99. The average molecular weight is 593 g/mol. The molecule has 2 heterocycles. The van der Waals surface area contributed by atoms with Gasteiger partial charge in [0.25, 0.3) is 0 Å². The van der Waals surface area contributed by atoms with Gasteiger partial charge in [0.1, 0.15) is 11.6 Å². The molecular weight excluding hydrogens is 565 g/mol. The molecule has 1 fully saturated rings. The summed E-state index contributed by atoms with van der Waals surface area (Å²) in [7, 11) is -2.06. The van der Waals surface area contributed by atoms with Crippen molar-refractivity contribution in [3.63, 3.8) is 0 Å². The smallest absolute Gasteiger partial charge is 0.490 e. The molecule has 0 atom stereocenters. The molecule has 11 nitrogen and oxygen atoms in total. The maximum Gasteiger partial charge on any atom is 0.490 e. The summed E-state index contributed by atoms with van der Waals surface area (Å²) >= 11 is 0. The number of alkyl halides is 3. The number of anilines is 3. The summed E-state index contributed by atoms with van der Waals surface area (Å²) in [4.78, 5) is 20.3. The zero-order valence-electron chi connectivity index (χ0n) is 22.0. The average Bonchev–Trinajstić information content (AvgIpc) is 2.93. The van der Waals surface area contributed by atoms with E-state index in [9.17, 15) is 21.6 Å². The van der Waals surface area contributed by atoms with E-state index in [1.54, 1.807) is 49.6 Å². The Hall–Kier alpha value is -4.42. The molecule has 1 saturated heterocycles. The van der Waals surface area contributed by atoms with Crippen LogP contribution in [0.2, 0.25) is 0 Å². The molecule has 0 aliphatic carbocycles. The number of aromatic nitrogens is 2. The lowest BCUT2D eigenvalue weighted by molar-refractivity contribution is -0.192. The second-order valence-electron chi connectivity index (χ2n) is 8.87. The predicted molar refractivity (Wildman–Crippen MR) is 143 cm³/mol. The lowest BCUT2D eigenvalue weighted by Crippen LogP contribution is -2.44. The minimum Gasteiger partial charge on any atom is -0.497 e. The number of nitrogens with one attached hydrogen (secondary N) is 2. The number of halogens is 3. The Labute approximate surface area is 234 Å². The first-order chi connectivity index (χ1) is 19.3. The van der Waals surface area contributed by atoms with Crippen LogP contribution in [-0.2, 0) is 14.8 Å². The van der Waals surface area contributed by atoms with Gasteiger partial charge in [0.15, 0.2) is 0 Å². The summed E-state index contributed by atoms with van der Waals surface area (Å²) < 4.78 is 65.1. The third kappa shape index (κ3) is 9.05. The van der Waals surface area contributed by atoms with Crippen LogP contribution in [-0.4, -0.2) is 61.9 Å². The number of nitriles is 1. The quantitative estimate of drug-likeness (QED) is 0.366. The molecule has 0 spiro atoms. The first-order valence-corrected chi connectivity index (χ1v) is 13.6. The maximum atomic E-state index is 12.7. The van der Waals surface area contributed by atoms with Crippen molar-refractivity contribution in [1.82, 2.24) is 14.7 Å². The monoisotopic (exact) mass is 592 g/mol. The van der Waals surface area contributed by atoms with Gasteiger partial charge >= 0.3 is 12.1 Å². The van der Waals surface area contributed by atoms with Crippen molar-refractivity contribution in [3.05, 3.63) is 65.9 Å². The highest BCUT2D eigenvalue weighted by Crippen LogP contribution is 2.23. The Bertz CT molecular complexity index is 1500. The second kappa shape index (κ2) is 13.3. The molecule has 4 rings (SSSR count). The van der Waals surface area contributed by atoms with Gasteiger partial charge in [-0.2, -0.15) is 23.4 Å². The molecule has 1 aromatic heterocycles. The van der Waals surface area contributed by atoms with Crippen LogP contribution in [0.15, 0.2) is 59.5 Å². The normalized spacial score (nSPS) is 13.9. The SMILES string of the molecule is COc1ccc(S(=O)(=O)NC2CCN(c3cc(C)nc(Nc4cccc(C#N)c4)n3)CC2)cc1.O=C(O)C(F)(F)F. The summed E-state index contributed by atoms with van der Waals surface area (Å²) in [5.74, 6) is -0.915. The van der Waals surface area contributed by atoms with Crippen molar-refractivity contribution in [2.75, 3.05) is 30.4 Å². The van der Waals surface area contributed by atoms with E-state index in [0.717, 1.165) is 17.2 Å². The van der Waals surface area contributed by atoms with Crippen LogP contribution >= 0.6 is 0 Å². The number of carboxylic acids is 1. The van der Waals surface area contributed by atoms with Crippen molar-refractivity contribution in [2.24, 2.45) is 0 Å². The first-order valence-electron chi connectivity index (χ1n) is 12.1. The number of carbonyl (C=O) groups is 1. The van der Waals surface area contributed by atoms with E-state index < -0.39 is 22.2 Å². The number of carboxylic acid groups (broad SMARTS) is 1. The summed E-state index contributed by atoms with van der Waals surface area (Å²) in [6.45, 7) is 3.23. The molecule has 0 radical (unpaired) electrons. The zero-order valence-corrected chi connectivity index (χ0v) is 22.8. The van der Waals surface area contributed by atoms with Crippen molar-refractivity contribution in [3.8, 4) is 11.8 Å². The van der Waals surface area contributed by atoms with Gasteiger partial charge in [0.05, 0.1) is 23.6 Å². The molecule has 0 unspecified atom stereocenters. The Morgan fingerprint density at radius 3 is 2.32 bits per heavy atom. The molecule has 218 valence electrons. The minimum absolute atomic E-state index is 0.155. The fourth-order valence-electron chi connectivity index (χ4n) is 3.83. The third-order valence-electron chi connectivity index (χ3n) is 5.84. The molecule has 41 heavy (non-hydrogen) atoms. The third-order valence-corrected chi connectivity index (χ3v) is 7.38. The summed E-state index contributed by atoms with van der Waals surface area (Å²) in [6.07, 6.45) is -3.77. The Morgan fingerprint density at radius 2 is 1.76 bits per heavy atom. The fourth-order valence-corrected chi connectivity index (χ4v) is 5.14. The van der Waals surface area contributed by atoms with Crippen molar-refractivity contribution < 1.29 is 36.2 Å². The number of piperidine rings is 1. The maximum absolute atomic E-state index is 12.7. The van der Waals surface area contributed by atoms with E-state index in [1.807, 2.05) is 19.1 Å². The Balaban J connectivity index is 0.000000587. The standard InChI is InChI=1S/C24H26N6O3S.C2HF3O2/c1-17-14-23(28-24(26-17)27-20-5-3-4-18(15-20)16-25)30-12-10-19(11-13-30)29-34(31,32)22-8-6-21(33-2)7-9-22;3-2(4,5)1(6)7/h3-9,14-15,19,29H,10-13H2,1-2H3,(H,26,27,28);(H,6,7). The number of methoxy groups -OCH3 is 1. The molecule has 1 aliphatic heterocycles. The number of nitrogens with zero attached hydrogens (tertiary/aromatic N) is 4. The van der Waals surface area contributed by atoms with Gasteiger partial charge in [-0.3, -0.25) is 0 Å². The second-order valence-corrected chi connectivity index (χ2v) is 10.6. The van der Waals surface area contributed by atoms with Crippen LogP contribution in [0.5, 0.6) is 5.75 Å². The molecule has 1 aliphatic rings. The summed E-state index contributed by atoms with van der Waals surface area (Å²) in [5, 5.41) is 19.4. The highest BCUT2D eigenvalue weighted by Gasteiger charge is 2.38. The van der Waals surface area contributed by atoms with Crippen LogP contribution in [0.4, 0.5) is 30.6 Å². The van der Waals surface area contributed by atoms with Gasteiger partial charge in [-0.1, -0.05) is 6.07 Å². The number of rotatable bonds is 7. The number of benzene rings is 2. The molecule has 0 bridgehead atoms. The highest BCUT2D eigenvalue weighted by atomic mass is 32.2. The van der Waals surface area contributed by atoms with Crippen LogP contribution in [0.3, 0.4) is 0 Å². The molecule has 0 amide bonds. The lowest BCUT2D eigenvalue weighted by atomic mass is 10.1. The fraction of sp³-hybridized carbons (Fsp3) is 0.308. The van der Waals surface area contributed by atoms with Gasteiger partial charge in [-0.25, -0.2) is 22.9 Å². The number of hydrogen-bond donors (Lipinski definition) is 3. The van der Waals surface area contributed by atoms with Crippen LogP contribution in [0, 0.1) is 18.3 Å². The van der Waals surface area contributed by atoms with Gasteiger partial charge in [0.2, 0.25) is 16.0 Å². The van der Waals surface area contributed by atoms with E-state index in [1.165, 1.54) is 0 Å². The van der Waals surface area contributed by atoms with Crippen molar-refractivity contribution in [1.29, 1.82) is 5.26 Å². The van der Waals surface area contributed by atoms with Crippen molar-refractivity contribution in [2.45, 2.75) is 36.9 Å². The largest absolute Gasteiger partial charge is 0.497 e.